The van der Waals surface area contributed by atoms with Crippen molar-refractivity contribution in [2.24, 2.45) is 0 Å². The quantitative estimate of drug-likeness (QED) is 0.467. The van der Waals surface area contributed by atoms with Crippen molar-refractivity contribution < 1.29 is 9.18 Å². The van der Waals surface area contributed by atoms with Gasteiger partial charge in [0.2, 0.25) is 5.82 Å². The van der Waals surface area contributed by atoms with Crippen molar-refractivity contribution in [1.29, 1.82) is 0 Å². The van der Waals surface area contributed by atoms with Gasteiger partial charge in [-0.15, -0.1) is 5.10 Å². The van der Waals surface area contributed by atoms with Crippen LogP contribution < -0.4 is 5.32 Å². The van der Waals surface area contributed by atoms with E-state index in [9.17, 15) is 9.18 Å². The number of hydrogen-bond donors (Lipinski definition) is 1. The number of benzene rings is 3. The maximum atomic E-state index is 13.9. The minimum Gasteiger partial charge on any atom is -0.317 e. The van der Waals surface area contributed by atoms with Crippen LogP contribution in [-0.4, -0.2) is 20.7 Å². The summed E-state index contributed by atoms with van der Waals surface area (Å²) in [6.07, 6.45) is 0. The van der Waals surface area contributed by atoms with Crippen molar-refractivity contribution in [3.8, 4) is 17.1 Å². The number of aromatic nitrogens is 3. The molecular formula is C23H18ClFN4O. The molecule has 0 radical (unpaired) electrons. The van der Waals surface area contributed by atoms with E-state index in [2.05, 4.69) is 15.4 Å². The van der Waals surface area contributed by atoms with Crippen molar-refractivity contribution in [3.05, 3.63) is 94.5 Å². The molecule has 3 aromatic carbocycles. The van der Waals surface area contributed by atoms with Gasteiger partial charge in [-0.25, -0.2) is 14.1 Å². The van der Waals surface area contributed by atoms with Gasteiger partial charge in [-0.1, -0.05) is 59.6 Å². The Hall–Kier alpha value is -3.51. The minimum atomic E-state index is -0.605. The Balaban J connectivity index is 1.81. The largest absolute Gasteiger partial charge is 0.317 e. The van der Waals surface area contributed by atoms with E-state index < -0.39 is 11.7 Å². The SMILES string of the molecule is Cc1ccc(-c2nc(C(=O)Nc3ccccc3F)nn2-c2cccc(Cl)c2C)cc1. The highest BCUT2D eigenvalue weighted by atomic mass is 35.5. The number of amides is 1. The van der Waals surface area contributed by atoms with E-state index in [4.69, 9.17) is 11.6 Å². The zero-order valence-corrected chi connectivity index (χ0v) is 17.1. The van der Waals surface area contributed by atoms with Crippen LogP contribution in [0.25, 0.3) is 17.1 Å². The average molecular weight is 421 g/mol. The molecule has 0 saturated carbocycles. The number of hydrogen-bond acceptors (Lipinski definition) is 3. The normalized spacial score (nSPS) is 10.8. The van der Waals surface area contributed by atoms with Gasteiger partial charge in [0.1, 0.15) is 5.82 Å². The summed E-state index contributed by atoms with van der Waals surface area (Å²) in [6, 6.07) is 19.1. The highest BCUT2D eigenvalue weighted by molar-refractivity contribution is 6.31. The van der Waals surface area contributed by atoms with E-state index in [1.54, 1.807) is 22.9 Å². The van der Waals surface area contributed by atoms with E-state index in [-0.39, 0.29) is 11.5 Å². The lowest BCUT2D eigenvalue weighted by molar-refractivity contribution is 0.101. The smallest absolute Gasteiger partial charge is 0.295 e. The fourth-order valence-electron chi connectivity index (χ4n) is 3.03. The molecule has 30 heavy (non-hydrogen) atoms. The van der Waals surface area contributed by atoms with Gasteiger partial charge in [0.05, 0.1) is 11.4 Å². The second-order valence-corrected chi connectivity index (χ2v) is 7.26. The number of aryl methyl sites for hydroxylation is 1. The van der Waals surface area contributed by atoms with Crippen LogP contribution in [0.1, 0.15) is 21.7 Å². The molecule has 150 valence electrons. The highest BCUT2D eigenvalue weighted by Gasteiger charge is 2.21. The topological polar surface area (TPSA) is 59.8 Å². The fourth-order valence-corrected chi connectivity index (χ4v) is 3.20. The predicted molar refractivity (Wildman–Crippen MR) is 116 cm³/mol. The monoisotopic (exact) mass is 420 g/mol. The molecule has 0 fully saturated rings. The lowest BCUT2D eigenvalue weighted by Gasteiger charge is -2.10. The van der Waals surface area contributed by atoms with Crippen molar-refractivity contribution in [2.75, 3.05) is 5.32 Å². The summed E-state index contributed by atoms with van der Waals surface area (Å²) in [5.41, 5.74) is 3.46. The van der Waals surface area contributed by atoms with Gasteiger partial charge in [-0.3, -0.25) is 4.79 Å². The van der Waals surface area contributed by atoms with Crippen molar-refractivity contribution >= 4 is 23.2 Å². The van der Waals surface area contributed by atoms with Crippen LogP contribution in [0.15, 0.2) is 66.7 Å². The van der Waals surface area contributed by atoms with E-state index in [0.717, 1.165) is 16.7 Å². The highest BCUT2D eigenvalue weighted by Crippen LogP contribution is 2.27. The third kappa shape index (κ3) is 3.82. The standard InChI is InChI=1S/C23H18ClFN4O/c1-14-10-12-16(13-11-14)22-27-21(23(30)26-19-8-4-3-7-18(19)25)28-29(22)20-9-5-6-17(24)15(20)2/h3-13H,1-2H3,(H,26,30). The number of rotatable bonds is 4. The molecule has 4 aromatic rings. The van der Waals surface area contributed by atoms with Gasteiger partial charge in [0.15, 0.2) is 5.82 Å². The zero-order valence-electron chi connectivity index (χ0n) is 16.4. The average Bonchev–Trinajstić information content (AvgIpc) is 3.17. The zero-order chi connectivity index (χ0) is 21.3. The first kappa shape index (κ1) is 19.8. The Bertz CT molecular complexity index is 1230. The third-order valence-corrected chi connectivity index (χ3v) is 5.12. The number of para-hydroxylation sites is 1. The Morgan fingerprint density at radius 3 is 2.47 bits per heavy atom. The molecule has 0 saturated heterocycles. The second-order valence-electron chi connectivity index (χ2n) is 6.85. The molecule has 0 bridgehead atoms. The van der Waals surface area contributed by atoms with Crippen molar-refractivity contribution in [1.82, 2.24) is 14.8 Å². The Kier molecular flexibility index (Phi) is 5.33. The Labute approximate surface area is 178 Å². The van der Waals surface area contributed by atoms with Crippen LogP contribution in [-0.2, 0) is 0 Å². The summed E-state index contributed by atoms with van der Waals surface area (Å²) >= 11 is 6.29. The maximum absolute atomic E-state index is 13.9. The summed E-state index contributed by atoms with van der Waals surface area (Å²) in [4.78, 5) is 17.2. The van der Waals surface area contributed by atoms with Gasteiger partial charge < -0.3 is 5.32 Å². The first-order valence-electron chi connectivity index (χ1n) is 9.29. The van der Waals surface area contributed by atoms with Gasteiger partial charge in [-0.05, 0) is 43.7 Å². The number of nitrogens with zero attached hydrogens (tertiary/aromatic N) is 3. The number of carbonyl (C=O) groups excluding carboxylic acids is 1. The Morgan fingerprint density at radius 2 is 1.73 bits per heavy atom. The third-order valence-electron chi connectivity index (χ3n) is 4.71. The molecule has 5 nitrogen and oxygen atoms in total. The second kappa shape index (κ2) is 8.08. The van der Waals surface area contributed by atoms with E-state index in [0.29, 0.717) is 16.5 Å². The first-order chi connectivity index (χ1) is 14.4. The Morgan fingerprint density at radius 1 is 1.00 bits per heavy atom. The molecule has 0 atom stereocenters. The number of nitrogens with one attached hydrogen (secondary N) is 1. The molecule has 0 spiro atoms. The summed E-state index contributed by atoms with van der Waals surface area (Å²) in [6.45, 7) is 3.86. The fraction of sp³-hybridized carbons (Fsp3) is 0.0870. The predicted octanol–water partition coefficient (Wildman–Crippen LogP) is 5.60. The number of carbonyl (C=O) groups is 1. The van der Waals surface area contributed by atoms with Crippen LogP contribution >= 0.6 is 11.6 Å². The van der Waals surface area contributed by atoms with Gasteiger partial charge in [0.25, 0.3) is 5.91 Å². The minimum absolute atomic E-state index is 0.0645. The molecule has 0 aliphatic rings. The van der Waals surface area contributed by atoms with E-state index >= 15 is 0 Å². The molecule has 1 amide bonds. The molecule has 0 aliphatic heterocycles. The van der Waals surface area contributed by atoms with Crippen LogP contribution in [0.3, 0.4) is 0 Å². The van der Waals surface area contributed by atoms with Crippen molar-refractivity contribution in [3.63, 3.8) is 0 Å². The molecule has 4 rings (SSSR count). The van der Waals surface area contributed by atoms with Crippen LogP contribution in [0.5, 0.6) is 0 Å². The molecule has 1 N–H and O–H groups in total. The van der Waals surface area contributed by atoms with E-state index in [1.165, 1.54) is 12.1 Å². The molecule has 1 aromatic heterocycles. The lowest BCUT2D eigenvalue weighted by atomic mass is 10.1. The molecule has 1 heterocycles. The number of anilines is 1. The molecule has 7 heteroatoms. The van der Waals surface area contributed by atoms with Crippen LogP contribution in [0.4, 0.5) is 10.1 Å². The molecular weight excluding hydrogens is 403 g/mol. The van der Waals surface area contributed by atoms with E-state index in [1.807, 2.05) is 50.2 Å². The summed E-state index contributed by atoms with van der Waals surface area (Å²) in [5.74, 6) is -0.728. The first-order valence-corrected chi connectivity index (χ1v) is 9.67. The van der Waals surface area contributed by atoms with Gasteiger partial charge in [0, 0.05) is 10.6 Å². The van der Waals surface area contributed by atoms with Crippen molar-refractivity contribution in [2.45, 2.75) is 13.8 Å². The van der Waals surface area contributed by atoms with Crippen LogP contribution in [0, 0.1) is 19.7 Å². The van der Waals surface area contributed by atoms with Gasteiger partial charge in [-0.2, -0.15) is 0 Å². The molecule has 0 aliphatic carbocycles. The summed E-state index contributed by atoms with van der Waals surface area (Å²) in [5, 5.41) is 7.53. The number of halogens is 2. The summed E-state index contributed by atoms with van der Waals surface area (Å²) < 4.78 is 15.5. The molecule has 0 unspecified atom stereocenters. The lowest BCUT2D eigenvalue weighted by Crippen LogP contribution is -2.15. The maximum Gasteiger partial charge on any atom is 0.295 e. The van der Waals surface area contributed by atoms with Gasteiger partial charge >= 0.3 is 0 Å². The summed E-state index contributed by atoms with van der Waals surface area (Å²) in [7, 11) is 0. The van der Waals surface area contributed by atoms with Crippen LogP contribution in [0.2, 0.25) is 5.02 Å².